The Bertz CT molecular complexity index is 607. The van der Waals surface area contributed by atoms with Gasteiger partial charge < -0.3 is 15.4 Å². The molecule has 4 heteroatoms. The van der Waals surface area contributed by atoms with Crippen molar-refractivity contribution < 1.29 is 9.53 Å². The maximum absolute atomic E-state index is 11.9. The zero-order valence-electron chi connectivity index (χ0n) is 18.5. The fourth-order valence-electron chi connectivity index (χ4n) is 3.34. The van der Waals surface area contributed by atoms with Crippen LogP contribution in [0.3, 0.4) is 0 Å². The van der Waals surface area contributed by atoms with Crippen LogP contribution in [0, 0.1) is 12.3 Å². The molecule has 0 aromatic heterocycles. The fraction of sp³-hybridized carbons (Fsp3) is 0.640. The van der Waals surface area contributed by atoms with Gasteiger partial charge in [-0.3, -0.25) is 4.79 Å². The van der Waals surface area contributed by atoms with Gasteiger partial charge in [-0.1, -0.05) is 83.5 Å². The van der Waals surface area contributed by atoms with Gasteiger partial charge in [-0.05, 0) is 24.6 Å². The van der Waals surface area contributed by atoms with E-state index in [4.69, 9.17) is 11.2 Å². The first-order valence-corrected chi connectivity index (χ1v) is 11.4. The first-order valence-electron chi connectivity index (χ1n) is 11.4. The maximum atomic E-state index is 11.9. The van der Waals surface area contributed by atoms with E-state index < -0.39 is 0 Å². The third-order valence-corrected chi connectivity index (χ3v) is 5.11. The molecule has 0 unspecified atom stereocenters. The zero-order valence-corrected chi connectivity index (χ0v) is 18.5. The minimum atomic E-state index is -0.122. The molecular formula is C25H40N2O2. The SMILES string of the molecule is C#CCNc1ccc(C(=O)NC)cc1OCCCCCCCCCCCCCC. The lowest BCUT2D eigenvalue weighted by molar-refractivity contribution is 0.0962. The van der Waals surface area contributed by atoms with Crippen molar-refractivity contribution in [2.24, 2.45) is 0 Å². The second-order valence-corrected chi connectivity index (χ2v) is 7.59. The summed E-state index contributed by atoms with van der Waals surface area (Å²) in [6.07, 6.45) is 21.2. The molecule has 0 saturated carbocycles. The van der Waals surface area contributed by atoms with Gasteiger partial charge in [0.25, 0.3) is 5.91 Å². The summed E-state index contributed by atoms with van der Waals surface area (Å²) < 4.78 is 5.95. The Kier molecular flexibility index (Phi) is 14.4. The zero-order chi connectivity index (χ0) is 21.2. The van der Waals surface area contributed by atoms with Crippen LogP contribution in [0.15, 0.2) is 18.2 Å². The molecule has 0 radical (unpaired) electrons. The van der Waals surface area contributed by atoms with E-state index in [-0.39, 0.29) is 5.91 Å². The molecule has 1 rings (SSSR count). The van der Waals surface area contributed by atoms with Gasteiger partial charge in [-0.25, -0.2) is 0 Å². The van der Waals surface area contributed by atoms with Gasteiger partial charge >= 0.3 is 0 Å². The number of hydrogen-bond acceptors (Lipinski definition) is 3. The Morgan fingerprint density at radius 1 is 0.966 bits per heavy atom. The summed E-state index contributed by atoms with van der Waals surface area (Å²) in [5, 5.41) is 5.79. The highest BCUT2D eigenvalue weighted by atomic mass is 16.5. The molecule has 0 heterocycles. The molecule has 4 nitrogen and oxygen atoms in total. The molecule has 0 bridgehead atoms. The third kappa shape index (κ3) is 11.4. The molecule has 0 aliphatic heterocycles. The molecule has 0 spiro atoms. The third-order valence-electron chi connectivity index (χ3n) is 5.11. The van der Waals surface area contributed by atoms with E-state index in [1.165, 1.54) is 70.6 Å². The van der Waals surface area contributed by atoms with E-state index in [0.29, 0.717) is 24.5 Å². The Balaban J connectivity index is 2.21. The molecule has 0 fully saturated rings. The number of nitrogens with one attached hydrogen (secondary N) is 2. The van der Waals surface area contributed by atoms with Crippen molar-refractivity contribution >= 4 is 11.6 Å². The summed E-state index contributed by atoms with van der Waals surface area (Å²) in [5.74, 6) is 3.13. The molecule has 0 saturated heterocycles. The average molecular weight is 401 g/mol. The van der Waals surface area contributed by atoms with Crippen molar-refractivity contribution in [2.75, 3.05) is 25.5 Å². The van der Waals surface area contributed by atoms with E-state index in [1.807, 2.05) is 6.07 Å². The van der Waals surface area contributed by atoms with Crippen molar-refractivity contribution in [3.63, 3.8) is 0 Å². The largest absolute Gasteiger partial charge is 0.491 e. The highest BCUT2D eigenvalue weighted by Crippen LogP contribution is 2.26. The number of carbonyl (C=O) groups excluding carboxylic acids is 1. The molecule has 1 aromatic rings. The van der Waals surface area contributed by atoms with Crippen LogP contribution in [0.4, 0.5) is 5.69 Å². The Hall–Kier alpha value is -2.15. The summed E-state index contributed by atoms with van der Waals surface area (Å²) >= 11 is 0. The van der Waals surface area contributed by atoms with E-state index in [0.717, 1.165) is 12.1 Å². The number of amides is 1. The number of benzene rings is 1. The maximum Gasteiger partial charge on any atom is 0.251 e. The first kappa shape index (κ1) is 24.9. The fourth-order valence-corrected chi connectivity index (χ4v) is 3.34. The van der Waals surface area contributed by atoms with Crippen molar-refractivity contribution in [1.29, 1.82) is 0 Å². The predicted octanol–water partition coefficient (Wildman–Crippen LogP) is 6.17. The summed E-state index contributed by atoms with van der Waals surface area (Å²) in [6, 6.07) is 5.39. The highest BCUT2D eigenvalue weighted by molar-refractivity contribution is 5.95. The topological polar surface area (TPSA) is 50.4 Å². The Morgan fingerprint density at radius 3 is 2.10 bits per heavy atom. The number of rotatable bonds is 17. The summed E-state index contributed by atoms with van der Waals surface area (Å²) in [4.78, 5) is 11.9. The quantitative estimate of drug-likeness (QED) is 0.243. The Labute approximate surface area is 178 Å². The monoisotopic (exact) mass is 400 g/mol. The van der Waals surface area contributed by atoms with Gasteiger partial charge in [-0.2, -0.15) is 0 Å². The van der Waals surface area contributed by atoms with Gasteiger partial charge in [0.1, 0.15) is 5.75 Å². The van der Waals surface area contributed by atoms with Gasteiger partial charge in [-0.15, -0.1) is 6.42 Å². The van der Waals surface area contributed by atoms with E-state index in [2.05, 4.69) is 23.5 Å². The number of carbonyl (C=O) groups is 1. The summed E-state index contributed by atoms with van der Waals surface area (Å²) in [7, 11) is 1.62. The van der Waals surface area contributed by atoms with Crippen LogP contribution < -0.4 is 15.4 Å². The van der Waals surface area contributed by atoms with Crippen molar-refractivity contribution in [1.82, 2.24) is 5.32 Å². The molecule has 2 N–H and O–H groups in total. The van der Waals surface area contributed by atoms with Crippen molar-refractivity contribution in [3.8, 4) is 18.1 Å². The first-order chi connectivity index (χ1) is 14.2. The minimum absolute atomic E-state index is 0.122. The van der Waals surface area contributed by atoms with Crippen molar-refractivity contribution in [2.45, 2.75) is 84.0 Å². The van der Waals surface area contributed by atoms with Crippen LogP contribution in [0.25, 0.3) is 0 Å². The second-order valence-electron chi connectivity index (χ2n) is 7.59. The standard InChI is InChI=1S/C25H40N2O2/c1-4-6-7-8-9-10-11-12-13-14-15-16-20-29-24-21-22(25(28)26-3)17-18-23(24)27-19-5-2/h2,17-18,21,27H,4,6-16,19-20H2,1,3H3,(H,26,28). The van der Waals surface area contributed by atoms with Crippen LogP contribution in [-0.2, 0) is 0 Å². The van der Waals surface area contributed by atoms with Gasteiger partial charge in [0.15, 0.2) is 0 Å². The van der Waals surface area contributed by atoms with Crippen LogP contribution >= 0.6 is 0 Å². The molecular weight excluding hydrogens is 360 g/mol. The number of unbranched alkanes of at least 4 members (excludes halogenated alkanes) is 11. The summed E-state index contributed by atoms with van der Waals surface area (Å²) in [6.45, 7) is 3.34. The lowest BCUT2D eigenvalue weighted by Crippen LogP contribution is -2.18. The Morgan fingerprint density at radius 2 is 1.55 bits per heavy atom. The van der Waals surface area contributed by atoms with E-state index >= 15 is 0 Å². The molecule has 1 amide bonds. The van der Waals surface area contributed by atoms with Crippen LogP contribution in [-0.4, -0.2) is 26.1 Å². The van der Waals surface area contributed by atoms with Gasteiger partial charge in [0, 0.05) is 12.6 Å². The van der Waals surface area contributed by atoms with E-state index in [9.17, 15) is 4.79 Å². The van der Waals surface area contributed by atoms with E-state index in [1.54, 1.807) is 19.2 Å². The lowest BCUT2D eigenvalue weighted by atomic mass is 10.1. The number of hydrogen-bond donors (Lipinski definition) is 2. The minimum Gasteiger partial charge on any atom is -0.491 e. The lowest BCUT2D eigenvalue weighted by Gasteiger charge is -2.13. The van der Waals surface area contributed by atoms with Gasteiger partial charge in [0.2, 0.25) is 0 Å². The predicted molar refractivity (Wildman–Crippen MR) is 124 cm³/mol. The van der Waals surface area contributed by atoms with Gasteiger partial charge in [0.05, 0.1) is 18.8 Å². The molecule has 0 atom stereocenters. The second kappa shape index (κ2) is 16.8. The smallest absolute Gasteiger partial charge is 0.251 e. The molecule has 29 heavy (non-hydrogen) atoms. The average Bonchev–Trinajstić information content (AvgIpc) is 2.75. The highest BCUT2D eigenvalue weighted by Gasteiger charge is 2.09. The van der Waals surface area contributed by atoms with Crippen LogP contribution in [0.1, 0.15) is 94.3 Å². The number of terminal acetylenes is 1. The summed E-state index contributed by atoms with van der Waals surface area (Å²) in [5.41, 5.74) is 1.41. The normalized spacial score (nSPS) is 10.4. The molecule has 1 aromatic carbocycles. The molecule has 0 aliphatic rings. The van der Waals surface area contributed by atoms with Crippen LogP contribution in [0.2, 0.25) is 0 Å². The van der Waals surface area contributed by atoms with Crippen molar-refractivity contribution in [3.05, 3.63) is 23.8 Å². The molecule has 0 aliphatic carbocycles. The van der Waals surface area contributed by atoms with Crippen LogP contribution in [0.5, 0.6) is 5.75 Å². The number of ether oxygens (including phenoxy) is 1. The number of anilines is 1. The molecule has 162 valence electrons.